The van der Waals surface area contributed by atoms with Gasteiger partial charge < -0.3 is 0 Å². The molecule has 0 nitrogen and oxygen atoms in total. The maximum absolute atomic E-state index is 2.30. The summed E-state index contributed by atoms with van der Waals surface area (Å²) < 4.78 is 0. The largest absolute Gasteiger partial charge is 0.194 e. The van der Waals surface area contributed by atoms with Crippen LogP contribution in [0.5, 0.6) is 0 Å². The zero-order chi connectivity index (χ0) is 6.24. The first kappa shape index (κ1) is 8.57. The average Bonchev–Trinajstić information content (AvgIpc) is 1.81. The van der Waals surface area contributed by atoms with E-state index in [2.05, 4.69) is 25.1 Å². The number of rotatable bonds is 5. The van der Waals surface area contributed by atoms with Crippen LogP contribution in [0.4, 0.5) is 0 Å². The van der Waals surface area contributed by atoms with E-state index in [4.69, 9.17) is 0 Å². The fraction of sp³-hybridized carbons (Fsp3) is 1.00. The van der Waals surface area contributed by atoms with Gasteiger partial charge in [-0.25, -0.2) is 0 Å². The van der Waals surface area contributed by atoms with Gasteiger partial charge in [0.1, 0.15) is 0 Å². The highest BCUT2D eigenvalue weighted by Gasteiger charge is 1.84. The topological polar surface area (TPSA) is 0 Å². The summed E-state index contributed by atoms with van der Waals surface area (Å²) in [4.78, 5) is 0. The lowest BCUT2D eigenvalue weighted by Crippen LogP contribution is -1.82. The molecule has 0 fully saturated rings. The summed E-state index contributed by atoms with van der Waals surface area (Å²) in [5.41, 5.74) is 0. The fourth-order valence-corrected chi connectivity index (χ4v) is 3.57. The Morgan fingerprint density at radius 2 is 2.12 bits per heavy atom. The Hall–Kier alpha value is 0.567. The van der Waals surface area contributed by atoms with Crippen molar-refractivity contribution < 1.29 is 0 Å². The van der Waals surface area contributed by atoms with Gasteiger partial charge in [0, 0.05) is 0 Å². The predicted molar refractivity (Wildman–Crippen MR) is 46.4 cm³/mol. The van der Waals surface area contributed by atoms with Gasteiger partial charge in [0.25, 0.3) is 0 Å². The molecule has 0 aromatic heterocycles. The predicted octanol–water partition coefficient (Wildman–Crippen LogP) is 2.04. The lowest BCUT2D eigenvalue weighted by atomic mass is 10.4. The maximum Gasteiger partial charge on any atom is 0.0851 e. The molecule has 0 saturated carbocycles. The smallest absolute Gasteiger partial charge is 0.0851 e. The van der Waals surface area contributed by atoms with Gasteiger partial charge >= 0.3 is 0 Å². The van der Waals surface area contributed by atoms with E-state index in [1.807, 2.05) is 0 Å². The molecule has 0 atom stereocenters. The van der Waals surface area contributed by atoms with Gasteiger partial charge in [-0.2, -0.15) is 11.2 Å². The molecule has 50 valence electrons. The fourth-order valence-electron chi connectivity index (χ4n) is 0.493. The normalized spacial score (nSPS) is 11.2. The Morgan fingerprint density at radius 1 is 1.38 bits per heavy atom. The Labute approximate surface area is 58.9 Å². The summed E-state index contributed by atoms with van der Waals surface area (Å²) in [5.74, 6) is 1.43. The molecule has 0 aliphatic rings. The molecule has 0 aromatic rings. The van der Waals surface area contributed by atoms with Gasteiger partial charge in [-0.05, 0) is 12.2 Å². The van der Waals surface area contributed by atoms with E-state index >= 15 is 0 Å². The second kappa shape index (κ2) is 7.57. The van der Waals surface area contributed by atoms with Crippen molar-refractivity contribution in [3.8, 4) is 0 Å². The van der Waals surface area contributed by atoms with E-state index < -0.39 is 0 Å². The summed E-state index contributed by atoms with van der Waals surface area (Å²) in [6.07, 6.45) is 2.79. The van der Waals surface area contributed by atoms with Gasteiger partial charge in [-0.15, -0.1) is 0 Å². The van der Waals surface area contributed by atoms with Crippen molar-refractivity contribution in [3.63, 3.8) is 0 Å². The van der Waals surface area contributed by atoms with Crippen LogP contribution in [0, 0.1) is 0 Å². The summed E-state index contributed by atoms with van der Waals surface area (Å²) in [6.45, 7) is 4.55. The molecule has 0 rings (SSSR count). The van der Waals surface area contributed by atoms with Crippen LogP contribution in [0.3, 0.4) is 0 Å². The third kappa shape index (κ3) is 6.57. The van der Waals surface area contributed by atoms with Crippen molar-refractivity contribution in [1.29, 1.82) is 0 Å². The van der Waals surface area contributed by atoms with Gasteiger partial charge in [0.15, 0.2) is 0 Å². The van der Waals surface area contributed by atoms with Crippen LogP contribution in [0.25, 0.3) is 0 Å². The van der Waals surface area contributed by atoms with Crippen LogP contribution in [-0.4, -0.2) is 14.4 Å². The molecule has 8 heavy (non-hydrogen) atoms. The molecule has 0 aliphatic heterocycles. The van der Waals surface area contributed by atoms with Crippen molar-refractivity contribution in [2.45, 2.75) is 32.7 Å². The summed E-state index contributed by atoms with van der Waals surface area (Å²) in [7, 11) is 0.318. The van der Waals surface area contributed by atoms with Gasteiger partial charge in [0.2, 0.25) is 0 Å². The average molecular weight is 148 g/mol. The molecule has 0 spiro atoms. The quantitative estimate of drug-likeness (QED) is 0.425. The van der Waals surface area contributed by atoms with Crippen molar-refractivity contribution in [3.05, 3.63) is 0 Å². The molecule has 0 saturated heterocycles. The minimum atomic E-state index is 0.318. The Balaban J connectivity index is 2.53. The van der Waals surface area contributed by atoms with Crippen LogP contribution < -0.4 is 0 Å². The van der Waals surface area contributed by atoms with E-state index in [-0.39, 0.29) is 0 Å². The minimum Gasteiger partial charge on any atom is -0.194 e. The summed E-state index contributed by atoms with van der Waals surface area (Å²) in [5, 5.41) is 0. The monoisotopic (exact) mass is 148 g/mol. The van der Waals surface area contributed by atoms with Crippen molar-refractivity contribution in [2.24, 2.45) is 0 Å². The van der Waals surface area contributed by atoms with Crippen LogP contribution >= 0.6 is 11.2 Å². The molecular formula is C6H16SSi. The lowest BCUT2D eigenvalue weighted by molar-refractivity contribution is 0.898. The molecule has 0 radical (unpaired) electrons. The SMILES string of the molecule is CCCCS[SiH2]CC. The van der Waals surface area contributed by atoms with E-state index in [0.29, 0.717) is 8.67 Å². The molecule has 0 unspecified atom stereocenters. The number of unbranched alkanes of at least 4 members (excludes halogenated alkanes) is 1. The van der Waals surface area contributed by atoms with Crippen molar-refractivity contribution >= 4 is 19.9 Å². The zero-order valence-corrected chi connectivity index (χ0v) is 8.17. The van der Waals surface area contributed by atoms with Crippen molar-refractivity contribution in [2.75, 3.05) is 5.75 Å². The van der Waals surface area contributed by atoms with Crippen LogP contribution in [0.2, 0.25) is 6.04 Å². The first-order chi connectivity index (χ1) is 3.91. The Kier molecular flexibility index (Phi) is 8.10. The van der Waals surface area contributed by atoms with Gasteiger partial charge in [-0.1, -0.05) is 26.3 Å². The minimum absolute atomic E-state index is 0.318. The highest BCUT2D eigenvalue weighted by molar-refractivity contribution is 8.22. The first-order valence-corrected chi connectivity index (χ1v) is 7.38. The molecule has 2 heteroatoms. The molecule has 0 aliphatic carbocycles. The summed E-state index contributed by atoms with van der Waals surface area (Å²) in [6, 6.07) is 1.47. The molecule has 0 N–H and O–H groups in total. The second-order valence-corrected chi connectivity index (χ2v) is 6.64. The van der Waals surface area contributed by atoms with Crippen LogP contribution in [0.1, 0.15) is 26.7 Å². The lowest BCUT2D eigenvalue weighted by Gasteiger charge is -1.93. The zero-order valence-electron chi connectivity index (χ0n) is 5.94. The Bertz CT molecular complexity index is 33.5. The van der Waals surface area contributed by atoms with E-state index in [0.717, 1.165) is 0 Å². The molecule has 0 bridgehead atoms. The van der Waals surface area contributed by atoms with E-state index in [1.54, 1.807) is 0 Å². The molecule has 0 heterocycles. The van der Waals surface area contributed by atoms with Gasteiger partial charge in [-0.3, -0.25) is 0 Å². The van der Waals surface area contributed by atoms with E-state index in [1.165, 1.54) is 24.6 Å². The summed E-state index contributed by atoms with van der Waals surface area (Å²) >= 11 is 2.22. The number of hydrogen-bond donors (Lipinski definition) is 0. The highest BCUT2D eigenvalue weighted by atomic mass is 32.4. The second-order valence-electron chi connectivity index (χ2n) is 1.97. The van der Waals surface area contributed by atoms with Crippen LogP contribution in [-0.2, 0) is 0 Å². The molecular weight excluding hydrogens is 132 g/mol. The molecule has 0 aromatic carbocycles. The standard InChI is InChI=1S/C6H16SSi/c1-3-5-6-7-8-4-2/h3-6,8H2,1-2H3. The van der Waals surface area contributed by atoms with Crippen molar-refractivity contribution in [1.82, 2.24) is 0 Å². The third-order valence-electron chi connectivity index (χ3n) is 0.991. The first-order valence-electron chi connectivity index (χ1n) is 3.49. The highest BCUT2D eigenvalue weighted by Crippen LogP contribution is 2.02. The Morgan fingerprint density at radius 3 is 2.62 bits per heavy atom. The third-order valence-corrected chi connectivity index (χ3v) is 5.22. The van der Waals surface area contributed by atoms with Gasteiger partial charge in [0.05, 0.1) is 8.67 Å². The number of hydrogen-bond acceptors (Lipinski definition) is 1. The van der Waals surface area contributed by atoms with E-state index in [9.17, 15) is 0 Å². The van der Waals surface area contributed by atoms with Crippen LogP contribution in [0.15, 0.2) is 0 Å². The molecule has 0 amide bonds. The maximum atomic E-state index is 2.30.